The lowest BCUT2D eigenvalue weighted by molar-refractivity contribution is 0.0936. The van der Waals surface area contributed by atoms with Gasteiger partial charge in [0.25, 0.3) is 11.8 Å². The quantitative estimate of drug-likeness (QED) is 0.791. The van der Waals surface area contributed by atoms with Crippen LogP contribution in [0.5, 0.6) is 0 Å². The van der Waals surface area contributed by atoms with E-state index in [1.54, 1.807) is 29.6 Å². The summed E-state index contributed by atoms with van der Waals surface area (Å²) in [5.74, 6) is -0.522. The molecule has 138 valence electrons. The van der Waals surface area contributed by atoms with Gasteiger partial charge in [0.05, 0.1) is 0 Å². The minimum absolute atomic E-state index is 0.215. The van der Waals surface area contributed by atoms with Crippen molar-refractivity contribution in [2.45, 2.75) is 25.8 Å². The summed E-state index contributed by atoms with van der Waals surface area (Å²) in [6.45, 7) is 4.84. The largest absolute Gasteiger partial charge is 0.349 e. The number of likely N-dealkylation sites (tertiary alicyclic amines) is 1. The molecule has 26 heavy (non-hydrogen) atoms. The van der Waals surface area contributed by atoms with Crippen molar-refractivity contribution >= 4 is 39.9 Å². The number of rotatable bonds is 6. The van der Waals surface area contributed by atoms with E-state index in [-0.39, 0.29) is 11.8 Å². The molecule has 1 aliphatic heterocycles. The molecule has 1 aliphatic rings. The van der Waals surface area contributed by atoms with Crippen LogP contribution in [0, 0.1) is 0 Å². The summed E-state index contributed by atoms with van der Waals surface area (Å²) in [4.78, 5) is 31.1. The molecule has 0 radical (unpaired) electrons. The molecule has 0 aliphatic carbocycles. The summed E-state index contributed by atoms with van der Waals surface area (Å²) in [6.07, 6.45) is 2.27. The van der Waals surface area contributed by atoms with Crippen LogP contribution in [0.25, 0.3) is 0 Å². The second-order valence-corrected chi connectivity index (χ2v) is 7.43. The molecular formula is C18H21ClN4O2S. The van der Waals surface area contributed by atoms with Crippen LogP contribution in [-0.2, 0) is 0 Å². The van der Waals surface area contributed by atoms with Gasteiger partial charge in [0.15, 0.2) is 5.13 Å². The maximum atomic E-state index is 12.3. The van der Waals surface area contributed by atoms with Gasteiger partial charge in [0.2, 0.25) is 0 Å². The Morgan fingerprint density at radius 1 is 1.38 bits per heavy atom. The van der Waals surface area contributed by atoms with Gasteiger partial charge < -0.3 is 5.32 Å². The summed E-state index contributed by atoms with van der Waals surface area (Å²) in [5, 5.41) is 8.16. The van der Waals surface area contributed by atoms with Crippen LogP contribution >= 0.6 is 22.9 Å². The fourth-order valence-electron chi connectivity index (χ4n) is 3.08. The first-order valence-electron chi connectivity index (χ1n) is 8.61. The van der Waals surface area contributed by atoms with Crippen molar-refractivity contribution in [1.82, 2.24) is 15.2 Å². The van der Waals surface area contributed by atoms with Gasteiger partial charge in [-0.2, -0.15) is 0 Å². The van der Waals surface area contributed by atoms with E-state index in [1.807, 2.05) is 0 Å². The highest BCUT2D eigenvalue weighted by Crippen LogP contribution is 2.19. The maximum absolute atomic E-state index is 12.3. The van der Waals surface area contributed by atoms with Gasteiger partial charge >= 0.3 is 0 Å². The molecule has 1 saturated heterocycles. The molecule has 2 N–H and O–H groups in total. The van der Waals surface area contributed by atoms with Gasteiger partial charge in [-0.25, -0.2) is 4.98 Å². The van der Waals surface area contributed by atoms with Crippen molar-refractivity contribution in [3.05, 3.63) is 45.9 Å². The van der Waals surface area contributed by atoms with E-state index in [2.05, 4.69) is 27.4 Å². The Morgan fingerprint density at radius 2 is 2.23 bits per heavy atom. The molecule has 2 heterocycles. The molecule has 6 nitrogen and oxygen atoms in total. The molecule has 3 rings (SSSR count). The second-order valence-electron chi connectivity index (χ2n) is 6.14. The molecule has 2 amide bonds. The number of anilines is 1. The average molecular weight is 393 g/mol. The zero-order valence-electron chi connectivity index (χ0n) is 14.5. The van der Waals surface area contributed by atoms with Gasteiger partial charge in [-0.05, 0) is 44.1 Å². The van der Waals surface area contributed by atoms with Crippen molar-refractivity contribution in [1.29, 1.82) is 0 Å². The number of benzene rings is 1. The summed E-state index contributed by atoms with van der Waals surface area (Å²) < 4.78 is 0. The lowest BCUT2D eigenvalue weighted by Gasteiger charge is -2.22. The lowest BCUT2D eigenvalue weighted by atomic mass is 10.2. The van der Waals surface area contributed by atoms with Crippen LogP contribution in [0.15, 0.2) is 29.6 Å². The van der Waals surface area contributed by atoms with Crippen LogP contribution < -0.4 is 10.6 Å². The zero-order chi connectivity index (χ0) is 18.5. The third-order valence-corrected chi connectivity index (χ3v) is 5.44. The number of hydrogen-bond donors (Lipinski definition) is 2. The Bertz CT molecular complexity index is 795. The molecular weight excluding hydrogens is 372 g/mol. The minimum atomic E-state index is -0.307. The summed E-state index contributed by atoms with van der Waals surface area (Å²) in [7, 11) is 0. The van der Waals surface area contributed by atoms with Gasteiger partial charge in [0, 0.05) is 28.6 Å². The standard InChI is InChI=1S/C18H21ClN4O2S/c1-2-23-8-4-7-14(23)10-20-17(25)15-11-26-18(21-15)22-16(24)12-5-3-6-13(19)9-12/h3,5-6,9,11,14H,2,4,7-8,10H2,1H3,(H,20,25)(H,21,22,24)/t14-/m0/s1. The molecule has 0 bridgehead atoms. The molecule has 0 unspecified atom stereocenters. The third kappa shape index (κ3) is 4.60. The topological polar surface area (TPSA) is 74.3 Å². The fraction of sp³-hybridized carbons (Fsp3) is 0.389. The number of likely N-dealkylation sites (N-methyl/N-ethyl adjacent to an activating group) is 1. The summed E-state index contributed by atoms with van der Waals surface area (Å²) >= 11 is 7.12. The second kappa shape index (κ2) is 8.62. The smallest absolute Gasteiger partial charge is 0.270 e. The van der Waals surface area contributed by atoms with Crippen LogP contribution in [0.1, 0.15) is 40.6 Å². The van der Waals surface area contributed by atoms with E-state index in [1.165, 1.54) is 17.8 Å². The van der Waals surface area contributed by atoms with Crippen molar-refractivity contribution < 1.29 is 9.59 Å². The normalized spacial score (nSPS) is 17.2. The zero-order valence-corrected chi connectivity index (χ0v) is 16.1. The predicted octanol–water partition coefficient (Wildman–Crippen LogP) is 3.26. The number of halogens is 1. The SMILES string of the molecule is CCN1CCC[C@H]1CNC(=O)c1csc(NC(=O)c2cccc(Cl)c2)n1. The number of carbonyl (C=O) groups is 2. The Balaban J connectivity index is 1.55. The van der Waals surface area contributed by atoms with Crippen molar-refractivity contribution in [3.8, 4) is 0 Å². The maximum Gasteiger partial charge on any atom is 0.270 e. The van der Waals surface area contributed by atoms with Gasteiger partial charge in [-0.3, -0.25) is 19.8 Å². The Kier molecular flexibility index (Phi) is 6.24. The summed E-state index contributed by atoms with van der Waals surface area (Å²) in [5.41, 5.74) is 0.761. The highest BCUT2D eigenvalue weighted by molar-refractivity contribution is 7.14. The fourth-order valence-corrected chi connectivity index (χ4v) is 3.95. The number of aromatic nitrogens is 1. The number of hydrogen-bond acceptors (Lipinski definition) is 5. The Hall–Kier alpha value is -1.96. The average Bonchev–Trinajstić information content (AvgIpc) is 3.28. The third-order valence-electron chi connectivity index (χ3n) is 4.45. The first-order chi connectivity index (χ1) is 12.6. The van der Waals surface area contributed by atoms with E-state index < -0.39 is 0 Å². The van der Waals surface area contributed by atoms with Crippen LogP contribution in [0.4, 0.5) is 5.13 Å². The molecule has 0 saturated carbocycles. The molecule has 1 fully saturated rings. The van der Waals surface area contributed by atoms with E-state index >= 15 is 0 Å². The minimum Gasteiger partial charge on any atom is -0.349 e. The van der Waals surface area contributed by atoms with E-state index in [4.69, 9.17) is 11.6 Å². The number of carbonyl (C=O) groups excluding carboxylic acids is 2. The van der Waals surface area contributed by atoms with Crippen molar-refractivity contribution in [2.24, 2.45) is 0 Å². The predicted molar refractivity (Wildman–Crippen MR) is 104 cm³/mol. The highest BCUT2D eigenvalue weighted by Gasteiger charge is 2.23. The first-order valence-corrected chi connectivity index (χ1v) is 9.87. The molecule has 2 aromatic rings. The van der Waals surface area contributed by atoms with Crippen LogP contribution in [0.3, 0.4) is 0 Å². The van der Waals surface area contributed by atoms with Gasteiger partial charge in [-0.1, -0.05) is 24.6 Å². The van der Waals surface area contributed by atoms with Crippen LogP contribution in [0.2, 0.25) is 5.02 Å². The highest BCUT2D eigenvalue weighted by atomic mass is 35.5. The Labute approximate surface area is 161 Å². The molecule has 1 aromatic carbocycles. The first kappa shape index (κ1) is 18.8. The van der Waals surface area contributed by atoms with Crippen molar-refractivity contribution in [2.75, 3.05) is 25.0 Å². The van der Waals surface area contributed by atoms with E-state index in [0.29, 0.717) is 34.0 Å². The van der Waals surface area contributed by atoms with E-state index in [0.717, 1.165) is 19.5 Å². The number of amides is 2. The van der Waals surface area contributed by atoms with Gasteiger partial charge in [-0.15, -0.1) is 11.3 Å². The lowest BCUT2D eigenvalue weighted by Crippen LogP contribution is -2.40. The number of nitrogens with one attached hydrogen (secondary N) is 2. The molecule has 0 spiro atoms. The number of thiazole rings is 1. The van der Waals surface area contributed by atoms with Crippen LogP contribution in [-0.4, -0.2) is 47.4 Å². The van der Waals surface area contributed by atoms with E-state index in [9.17, 15) is 9.59 Å². The van der Waals surface area contributed by atoms with Gasteiger partial charge in [0.1, 0.15) is 5.69 Å². The molecule has 1 atom stereocenters. The summed E-state index contributed by atoms with van der Waals surface area (Å²) in [6, 6.07) is 7.06. The molecule has 8 heteroatoms. The monoisotopic (exact) mass is 392 g/mol. The number of nitrogens with zero attached hydrogens (tertiary/aromatic N) is 2. The molecule has 1 aromatic heterocycles. The van der Waals surface area contributed by atoms with Crippen molar-refractivity contribution in [3.63, 3.8) is 0 Å². The Morgan fingerprint density at radius 3 is 3.00 bits per heavy atom.